The molecule has 0 bridgehead atoms. The van der Waals surface area contributed by atoms with Crippen LogP contribution in [0, 0.1) is 0 Å². The monoisotopic (exact) mass is 530 g/mol. The molecule has 0 saturated heterocycles. The molecule has 0 unspecified atom stereocenters. The Balaban J connectivity index is 1.58. The fourth-order valence-corrected chi connectivity index (χ4v) is 4.66. The molecular formula is C27H35BrN2O4. The lowest BCUT2D eigenvalue weighted by Crippen LogP contribution is -2.50. The van der Waals surface area contributed by atoms with Gasteiger partial charge in [0.2, 0.25) is 11.8 Å². The second kappa shape index (κ2) is 13.4. The molecule has 7 heteroatoms. The number of nitrogens with zero attached hydrogens (tertiary/aromatic N) is 1. The minimum atomic E-state index is -0.545. The molecule has 34 heavy (non-hydrogen) atoms. The van der Waals surface area contributed by atoms with Crippen molar-refractivity contribution in [3.05, 3.63) is 58.6 Å². The summed E-state index contributed by atoms with van der Waals surface area (Å²) in [5.41, 5.74) is 0.981. The van der Waals surface area contributed by atoms with Gasteiger partial charge in [-0.25, -0.2) is 0 Å². The van der Waals surface area contributed by atoms with E-state index < -0.39 is 6.04 Å². The maximum absolute atomic E-state index is 13.2. The van der Waals surface area contributed by atoms with E-state index in [1.54, 1.807) is 12.0 Å². The summed E-state index contributed by atoms with van der Waals surface area (Å²) in [5.74, 6) is 1.38. The molecule has 2 amide bonds. The lowest BCUT2D eigenvalue weighted by molar-refractivity contribution is -0.141. The highest BCUT2D eigenvalue weighted by molar-refractivity contribution is 9.10. The first kappa shape index (κ1) is 26.1. The molecule has 0 heterocycles. The van der Waals surface area contributed by atoms with Gasteiger partial charge in [0.25, 0.3) is 0 Å². The molecule has 1 N–H and O–H groups in total. The summed E-state index contributed by atoms with van der Waals surface area (Å²) in [7, 11) is 1.62. The fourth-order valence-electron chi connectivity index (χ4n) is 4.21. The topological polar surface area (TPSA) is 67.9 Å². The van der Waals surface area contributed by atoms with Crippen molar-refractivity contribution in [1.82, 2.24) is 10.2 Å². The van der Waals surface area contributed by atoms with Crippen molar-refractivity contribution >= 4 is 27.7 Å². The van der Waals surface area contributed by atoms with Gasteiger partial charge in [-0.2, -0.15) is 0 Å². The van der Waals surface area contributed by atoms with Gasteiger partial charge in [-0.15, -0.1) is 0 Å². The van der Waals surface area contributed by atoms with E-state index in [1.165, 1.54) is 6.42 Å². The van der Waals surface area contributed by atoms with Crippen molar-refractivity contribution in [1.29, 1.82) is 0 Å². The molecule has 1 aliphatic carbocycles. The van der Waals surface area contributed by atoms with Gasteiger partial charge in [0.15, 0.2) is 0 Å². The first-order chi connectivity index (χ1) is 16.5. The number of hydrogen-bond acceptors (Lipinski definition) is 4. The Morgan fingerprint density at radius 2 is 1.79 bits per heavy atom. The van der Waals surface area contributed by atoms with Gasteiger partial charge in [0.05, 0.1) is 13.7 Å². The van der Waals surface area contributed by atoms with E-state index in [1.807, 2.05) is 55.5 Å². The smallest absolute Gasteiger partial charge is 0.242 e. The van der Waals surface area contributed by atoms with Crippen molar-refractivity contribution in [3.8, 4) is 11.5 Å². The summed E-state index contributed by atoms with van der Waals surface area (Å²) in [6.45, 7) is 2.63. The van der Waals surface area contributed by atoms with Crippen LogP contribution in [0.15, 0.2) is 53.0 Å². The van der Waals surface area contributed by atoms with Crippen LogP contribution in [0.3, 0.4) is 0 Å². The average Bonchev–Trinajstić information content (AvgIpc) is 2.85. The normalized spacial score (nSPS) is 14.8. The molecular weight excluding hydrogens is 496 g/mol. The molecule has 2 aromatic rings. The highest BCUT2D eigenvalue weighted by atomic mass is 79.9. The molecule has 1 fully saturated rings. The summed E-state index contributed by atoms with van der Waals surface area (Å²) >= 11 is 3.50. The number of carbonyl (C=O) groups is 2. The van der Waals surface area contributed by atoms with E-state index in [-0.39, 0.29) is 17.9 Å². The largest absolute Gasteiger partial charge is 0.497 e. The van der Waals surface area contributed by atoms with Crippen LogP contribution in [0.5, 0.6) is 11.5 Å². The Morgan fingerprint density at radius 3 is 2.47 bits per heavy atom. The molecule has 1 saturated carbocycles. The van der Waals surface area contributed by atoms with Crippen molar-refractivity contribution in [2.24, 2.45) is 0 Å². The van der Waals surface area contributed by atoms with Crippen molar-refractivity contribution in [2.75, 3.05) is 13.7 Å². The van der Waals surface area contributed by atoms with Crippen LogP contribution in [-0.2, 0) is 16.1 Å². The van der Waals surface area contributed by atoms with Gasteiger partial charge in [-0.05, 0) is 68.1 Å². The van der Waals surface area contributed by atoms with Crippen LogP contribution in [0.1, 0.15) is 57.4 Å². The third kappa shape index (κ3) is 8.05. The summed E-state index contributed by atoms with van der Waals surface area (Å²) in [6.07, 6.45) is 6.43. The van der Waals surface area contributed by atoms with E-state index in [2.05, 4.69) is 21.2 Å². The third-order valence-electron chi connectivity index (χ3n) is 6.22. The van der Waals surface area contributed by atoms with E-state index in [9.17, 15) is 9.59 Å². The first-order valence-corrected chi connectivity index (χ1v) is 12.9. The van der Waals surface area contributed by atoms with Crippen molar-refractivity contribution in [3.63, 3.8) is 0 Å². The quantitative estimate of drug-likeness (QED) is 0.390. The van der Waals surface area contributed by atoms with E-state index in [0.717, 1.165) is 47.2 Å². The minimum Gasteiger partial charge on any atom is -0.497 e. The number of benzene rings is 2. The van der Waals surface area contributed by atoms with E-state index in [0.29, 0.717) is 26.0 Å². The molecule has 2 aromatic carbocycles. The predicted octanol–water partition coefficient (Wildman–Crippen LogP) is 5.48. The van der Waals surface area contributed by atoms with Crippen LogP contribution in [0.4, 0.5) is 0 Å². The Bertz CT molecular complexity index is 928. The maximum Gasteiger partial charge on any atom is 0.242 e. The molecule has 6 nitrogen and oxygen atoms in total. The Kier molecular flexibility index (Phi) is 10.3. The average molecular weight is 531 g/mol. The minimum absolute atomic E-state index is 0.0513. The summed E-state index contributed by atoms with van der Waals surface area (Å²) in [4.78, 5) is 27.9. The standard InChI is InChI=1S/C27H35BrN2O4/c1-20(27(32)29-23-10-4-3-5-11-23)30(19-21-8-6-9-22(28)18-21)26(31)12-7-17-34-25-15-13-24(33-2)14-16-25/h6,8-9,13-16,18,20,23H,3-5,7,10-12,17,19H2,1-2H3,(H,29,32)/t20-/m1/s1. The third-order valence-corrected chi connectivity index (χ3v) is 6.72. The number of ether oxygens (including phenoxy) is 2. The molecule has 184 valence electrons. The molecule has 0 radical (unpaired) electrons. The van der Waals surface area contributed by atoms with Crippen LogP contribution in [0.2, 0.25) is 0 Å². The van der Waals surface area contributed by atoms with Gasteiger partial charge in [0.1, 0.15) is 17.5 Å². The van der Waals surface area contributed by atoms with Crippen LogP contribution in [-0.4, -0.2) is 42.5 Å². The second-order valence-electron chi connectivity index (χ2n) is 8.80. The lowest BCUT2D eigenvalue weighted by Gasteiger charge is -2.31. The number of hydrogen-bond donors (Lipinski definition) is 1. The SMILES string of the molecule is COc1ccc(OCCCC(=O)N(Cc2cccc(Br)c2)[C@H](C)C(=O)NC2CCCCC2)cc1. The zero-order valence-corrected chi connectivity index (χ0v) is 21.7. The van der Waals surface area contributed by atoms with Gasteiger partial charge < -0.3 is 19.7 Å². The van der Waals surface area contributed by atoms with Crippen molar-refractivity contribution < 1.29 is 19.1 Å². The van der Waals surface area contributed by atoms with Gasteiger partial charge in [-0.3, -0.25) is 9.59 Å². The number of amides is 2. The molecule has 1 atom stereocenters. The highest BCUT2D eigenvalue weighted by Gasteiger charge is 2.27. The van der Waals surface area contributed by atoms with Gasteiger partial charge in [0, 0.05) is 23.5 Å². The van der Waals surface area contributed by atoms with Crippen LogP contribution in [0.25, 0.3) is 0 Å². The summed E-state index contributed by atoms with van der Waals surface area (Å²) in [6, 6.07) is 14.9. The number of halogens is 1. The maximum atomic E-state index is 13.2. The molecule has 0 spiro atoms. The number of carbonyl (C=O) groups excluding carboxylic acids is 2. The molecule has 0 aliphatic heterocycles. The zero-order chi connectivity index (χ0) is 24.3. The number of methoxy groups -OCH3 is 1. The Labute approximate surface area is 211 Å². The van der Waals surface area contributed by atoms with E-state index in [4.69, 9.17) is 9.47 Å². The summed E-state index contributed by atoms with van der Waals surface area (Å²) in [5, 5.41) is 3.17. The second-order valence-corrected chi connectivity index (χ2v) is 9.71. The van der Waals surface area contributed by atoms with Crippen LogP contribution < -0.4 is 14.8 Å². The van der Waals surface area contributed by atoms with Crippen LogP contribution >= 0.6 is 15.9 Å². The number of rotatable bonds is 11. The predicted molar refractivity (Wildman–Crippen MR) is 137 cm³/mol. The van der Waals surface area contributed by atoms with Gasteiger partial charge in [-0.1, -0.05) is 47.3 Å². The fraction of sp³-hybridized carbons (Fsp3) is 0.481. The Hall–Kier alpha value is -2.54. The van der Waals surface area contributed by atoms with Crippen molar-refractivity contribution in [2.45, 2.75) is 70.5 Å². The lowest BCUT2D eigenvalue weighted by atomic mass is 9.95. The number of nitrogens with one attached hydrogen (secondary N) is 1. The first-order valence-electron chi connectivity index (χ1n) is 12.1. The molecule has 1 aliphatic rings. The zero-order valence-electron chi connectivity index (χ0n) is 20.1. The van der Waals surface area contributed by atoms with E-state index >= 15 is 0 Å². The summed E-state index contributed by atoms with van der Waals surface area (Å²) < 4.78 is 11.9. The van der Waals surface area contributed by atoms with Gasteiger partial charge >= 0.3 is 0 Å². The Morgan fingerprint density at radius 1 is 1.09 bits per heavy atom. The molecule has 0 aromatic heterocycles. The molecule has 3 rings (SSSR count). The highest BCUT2D eigenvalue weighted by Crippen LogP contribution is 2.20.